The Morgan fingerprint density at radius 3 is 2.40 bits per heavy atom. The van der Waals surface area contributed by atoms with Gasteiger partial charge in [0.15, 0.2) is 0 Å². The molecule has 80 valence electrons. The molecule has 0 bridgehead atoms. The monoisotopic (exact) mass is 222 g/mol. The third kappa shape index (κ3) is 2.61. The third-order valence-corrected chi connectivity index (χ3v) is 3.05. The fourth-order valence-electron chi connectivity index (χ4n) is 1.81. The lowest BCUT2D eigenvalue weighted by Crippen LogP contribution is -2.21. The number of rotatable bonds is 2. The zero-order valence-electron chi connectivity index (χ0n) is 9.00. The molecule has 1 N–H and O–H groups in total. The van der Waals surface area contributed by atoms with E-state index < -0.39 is 5.60 Å². The minimum Gasteiger partial charge on any atom is -0.390 e. The lowest BCUT2D eigenvalue weighted by atomic mass is 10.0. The van der Waals surface area contributed by atoms with Crippen LogP contribution in [0.5, 0.6) is 0 Å². The Balaban J connectivity index is 2.11. The van der Waals surface area contributed by atoms with Crippen molar-refractivity contribution in [2.75, 3.05) is 0 Å². The van der Waals surface area contributed by atoms with E-state index in [9.17, 15) is 5.11 Å². The topological polar surface area (TPSA) is 20.2 Å². The minimum absolute atomic E-state index is 0.327. The van der Waals surface area contributed by atoms with Crippen LogP contribution in [0, 0.1) is 5.92 Å². The quantitative estimate of drug-likeness (QED) is 0.812. The second-order valence-electron chi connectivity index (χ2n) is 4.68. The number of halogens is 1. The highest BCUT2D eigenvalue weighted by Gasteiger charge is 2.41. The van der Waals surface area contributed by atoms with Gasteiger partial charge in [0.05, 0.1) is 5.60 Å². The molecule has 2 heteroatoms. The summed E-state index contributed by atoms with van der Waals surface area (Å²) in [6.07, 6.45) is 3.14. The van der Waals surface area contributed by atoms with Gasteiger partial charge in [0.25, 0.3) is 0 Å². The maximum absolute atomic E-state index is 9.79. The summed E-state index contributed by atoms with van der Waals surface area (Å²) in [5.41, 5.74) is 1.89. The van der Waals surface area contributed by atoms with Crippen LogP contribution in [-0.4, -0.2) is 10.7 Å². The molecule has 1 saturated carbocycles. The van der Waals surface area contributed by atoms with E-state index in [4.69, 9.17) is 11.6 Å². The highest BCUT2D eigenvalue weighted by atomic mass is 35.5. The van der Waals surface area contributed by atoms with Crippen molar-refractivity contribution in [3.05, 3.63) is 40.4 Å². The zero-order chi connectivity index (χ0) is 11.1. The average Bonchev–Trinajstić information content (AvgIpc) is 2.88. The summed E-state index contributed by atoms with van der Waals surface area (Å²) in [6, 6.07) is 7.76. The van der Waals surface area contributed by atoms with Crippen molar-refractivity contribution in [1.82, 2.24) is 0 Å². The fraction of sp³-hybridized carbons (Fsp3) is 0.385. The minimum atomic E-state index is -0.585. The summed E-state index contributed by atoms with van der Waals surface area (Å²) < 4.78 is 0. The molecule has 1 aromatic rings. The molecule has 1 unspecified atom stereocenters. The van der Waals surface area contributed by atoms with Gasteiger partial charge >= 0.3 is 0 Å². The maximum atomic E-state index is 9.79. The van der Waals surface area contributed by atoms with E-state index >= 15 is 0 Å². The molecule has 0 spiro atoms. The van der Waals surface area contributed by atoms with Crippen LogP contribution in [0.1, 0.15) is 25.8 Å². The lowest BCUT2D eigenvalue weighted by molar-refractivity contribution is 0.0615. The van der Waals surface area contributed by atoms with Crippen LogP contribution >= 0.6 is 11.6 Å². The van der Waals surface area contributed by atoms with Crippen LogP contribution in [0.25, 0.3) is 6.08 Å². The molecule has 1 atom stereocenters. The normalized spacial score (nSPS) is 23.2. The molecule has 0 aromatic heterocycles. The molecule has 0 radical (unpaired) electrons. The van der Waals surface area contributed by atoms with E-state index in [1.54, 1.807) is 0 Å². The van der Waals surface area contributed by atoms with E-state index in [0.29, 0.717) is 5.92 Å². The van der Waals surface area contributed by atoms with Gasteiger partial charge in [0.1, 0.15) is 0 Å². The van der Waals surface area contributed by atoms with Gasteiger partial charge in [-0.2, -0.15) is 0 Å². The second-order valence-corrected chi connectivity index (χ2v) is 5.12. The largest absolute Gasteiger partial charge is 0.390 e. The third-order valence-electron chi connectivity index (χ3n) is 2.80. The number of benzene rings is 1. The first-order valence-corrected chi connectivity index (χ1v) is 5.53. The Labute approximate surface area is 95.4 Å². The molecule has 15 heavy (non-hydrogen) atoms. The van der Waals surface area contributed by atoms with E-state index in [0.717, 1.165) is 17.0 Å². The highest BCUT2D eigenvalue weighted by Crippen LogP contribution is 2.46. The molecule has 0 aliphatic heterocycles. The Kier molecular flexibility index (Phi) is 2.61. The van der Waals surface area contributed by atoms with Gasteiger partial charge in [0, 0.05) is 10.9 Å². The van der Waals surface area contributed by atoms with Crippen molar-refractivity contribution < 1.29 is 5.11 Å². The van der Waals surface area contributed by atoms with Crippen molar-refractivity contribution >= 4 is 17.7 Å². The van der Waals surface area contributed by atoms with Gasteiger partial charge in [0.2, 0.25) is 0 Å². The van der Waals surface area contributed by atoms with Crippen LogP contribution < -0.4 is 0 Å². The van der Waals surface area contributed by atoms with E-state index in [-0.39, 0.29) is 0 Å². The molecular formula is C13H15ClO. The van der Waals surface area contributed by atoms with Crippen molar-refractivity contribution in [2.24, 2.45) is 5.92 Å². The molecule has 1 aromatic carbocycles. The van der Waals surface area contributed by atoms with E-state index in [2.05, 4.69) is 6.08 Å². The number of hydrogen-bond donors (Lipinski definition) is 1. The molecule has 1 nitrogen and oxygen atoms in total. The molecule has 0 heterocycles. The standard InChI is InChI=1S/C13H15ClO/c1-13(2,15)12-8-10(12)7-9-3-5-11(14)6-4-9/h3-7,12,15H,8H2,1-2H3/b10-7+. The van der Waals surface area contributed by atoms with Crippen LogP contribution in [0.2, 0.25) is 5.02 Å². The molecular weight excluding hydrogens is 208 g/mol. The Bertz CT molecular complexity index is 384. The van der Waals surface area contributed by atoms with Crippen molar-refractivity contribution in [1.29, 1.82) is 0 Å². The summed E-state index contributed by atoms with van der Waals surface area (Å²) >= 11 is 5.80. The van der Waals surface area contributed by atoms with Gasteiger partial charge in [-0.15, -0.1) is 0 Å². The highest BCUT2D eigenvalue weighted by molar-refractivity contribution is 6.30. The zero-order valence-corrected chi connectivity index (χ0v) is 9.75. The smallest absolute Gasteiger partial charge is 0.0659 e. The van der Waals surface area contributed by atoms with Crippen LogP contribution in [0.15, 0.2) is 29.8 Å². The number of aliphatic hydroxyl groups is 1. The molecule has 0 amide bonds. The Hall–Kier alpha value is -0.790. The predicted molar refractivity (Wildman–Crippen MR) is 63.8 cm³/mol. The summed E-state index contributed by atoms with van der Waals surface area (Å²) in [5.74, 6) is 0.327. The fourth-order valence-corrected chi connectivity index (χ4v) is 1.94. The maximum Gasteiger partial charge on any atom is 0.0659 e. The summed E-state index contributed by atoms with van der Waals surface area (Å²) in [7, 11) is 0. The van der Waals surface area contributed by atoms with Crippen LogP contribution in [0.4, 0.5) is 0 Å². The van der Waals surface area contributed by atoms with Crippen LogP contribution in [0.3, 0.4) is 0 Å². The Morgan fingerprint density at radius 2 is 1.93 bits per heavy atom. The van der Waals surface area contributed by atoms with Crippen molar-refractivity contribution in [3.63, 3.8) is 0 Å². The summed E-state index contributed by atoms with van der Waals surface area (Å²) in [5, 5.41) is 10.5. The van der Waals surface area contributed by atoms with Gasteiger partial charge in [-0.25, -0.2) is 0 Å². The summed E-state index contributed by atoms with van der Waals surface area (Å²) in [6.45, 7) is 3.72. The van der Waals surface area contributed by atoms with Gasteiger partial charge in [-0.05, 0) is 38.0 Å². The van der Waals surface area contributed by atoms with Crippen molar-refractivity contribution in [2.45, 2.75) is 25.9 Å². The molecule has 2 rings (SSSR count). The molecule has 1 fully saturated rings. The van der Waals surface area contributed by atoms with Crippen LogP contribution in [-0.2, 0) is 0 Å². The van der Waals surface area contributed by atoms with Gasteiger partial charge in [-0.1, -0.05) is 35.4 Å². The van der Waals surface area contributed by atoms with Gasteiger partial charge in [-0.3, -0.25) is 0 Å². The summed E-state index contributed by atoms with van der Waals surface area (Å²) in [4.78, 5) is 0. The average molecular weight is 223 g/mol. The van der Waals surface area contributed by atoms with Gasteiger partial charge < -0.3 is 5.11 Å². The molecule has 1 aliphatic rings. The molecule has 1 aliphatic carbocycles. The first kappa shape index (κ1) is 10.7. The Morgan fingerprint density at radius 1 is 1.33 bits per heavy atom. The first-order valence-electron chi connectivity index (χ1n) is 5.15. The lowest BCUT2D eigenvalue weighted by Gasteiger charge is -2.14. The second kappa shape index (κ2) is 3.66. The van der Waals surface area contributed by atoms with Crippen molar-refractivity contribution in [3.8, 4) is 0 Å². The number of hydrogen-bond acceptors (Lipinski definition) is 1. The molecule has 0 saturated heterocycles. The predicted octanol–water partition coefficient (Wildman–Crippen LogP) is 3.51. The van der Waals surface area contributed by atoms with E-state index in [1.807, 2.05) is 38.1 Å². The SMILES string of the molecule is CC(C)(O)C1C/C1=C\c1ccc(Cl)cc1. The van der Waals surface area contributed by atoms with E-state index in [1.165, 1.54) is 5.57 Å². The first-order chi connectivity index (χ1) is 6.97.